The van der Waals surface area contributed by atoms with Crippen LogP contribution in [-0.4, -0.2) is 20.6 Å². The minimum atomic E-state index is -0.321. The molecule has 0 unspecified atom stereocenters. The van der Waals surface area contributed by atoms with E-state index in [0.717, 1.165) is 0 Å². The Morgan fingerprint density at radius 3 is 2.89 bits per heavy atom. The molecule has 0 aliphatic heterocycles. The number of rotatable bonds is 4. The molecule has 7 heteroatoms. The number of nitrogens with one attached hydrogen (secondary N) is 1. The summed E-state index contributed by atoms with van der Waals surface area (Å²) < 4.78 is 19.1. The third kappa shape index (κ3) is 2.44. The zero-order valence-electron chi connectivity index (χ0n) is 9.75. The number of benzene rings is 1. The molecule has 96 valence electrons. The highest BCUT2D eigenvalue weighted by Crippen LogP contribution is 2.26. The number of tetrazole rings is 1. The number of hydrogen-bond acceptors (Lipinski definition) is 4. The maximum Gasteiger partial charge on any atom is 0.137 e. The molecule has 0 aliphatic rings. The van der Waals surface area contributed by atoms with E-state index in [1.807, 2.05) is 0 Å². The lowest BCUT2D eigenvalue weighted by atomic mass is 10.1. The van der Waals surface area contributed by atoms with Crippen LogP contribution in [0.2, 0.25) is 0 Å². The van der Waals surface area contributed by atoms with Crippen LogP contribution in [0.1, 0.15) is 5.76 Å². The van der Waals surface area contributed by atoms with Crippen LogP contribution in [0.4, 0.5) is 10.3 Å². The molecule has 0 aliphatic carbocycles. The van der Waals surface area contributed by atoms with Gasteiger partial charge in [-0.3, -0.25) is 15.4 Å². The van der Waals surface area contributed by atoms with E-state index in [1.165, 1.54) is 6.07 Å². The van der Waals surface area contributed by atoms with E-state index in [1.54, 1.807) is 30.3 Å². The molecule has 2 aromatic heterocycles. The van der Waals surface area contributed by atoms with Crippen molar-refractivity contribution in [1.29, 1.82) is 0 Å². The summed E-state index contributed by atoms with van der Waals surface area (Å²) in [5.41, 5.74) is 0.424. The van der Waals surface area contributed by atoms with Gasteiger partial charge in [0.05, 0.1) is 11.5 Å². The normalized spacial score (nSPS) is 10.6. The van der Waals surface area contributed by atoms with Crippen molar-refractivity contribution in [2.75, 3.05) is 0 Å². The minimum Gasteiger partial charge on any atom is -0.460 e. The van der Waals surface area contributed by atoms with Gasteiger partial charge in [0.1, 0.15) is 17.3 Å². The van der Waals surface area contributed by atoms with E-state index in [0.29, 0.717) is 17.1 Å². The second-order valence-corrected chi connectivity index (χ2v) is 3.77. The van der Waals surface area contributed by atoms with E-state index in [2.05, 4.69) is 25.9 Å². The average molecular weight is 258 g/mol. The van der Waals surface area contributed by atoms with Crippen LogP contribution in [-0.2, 0) is 6.54 Å². The van der Waals surface area contributed by atoms with Crippen molar-refractivity contribution in [2.24, 2.45) is 0 Å². The van der Waals surface area contributed by atoms with Gasteiger partial charge in [0.15, 0.2) is 0 Å². The summed E-state index contributed by atoms with van der Waals surface area (Å²) in [4.78, 5) is 0. The summed E-state index contributed by atoms with van der Waals surface area (Å²) in [6, 6.07) is 9.89. The predicted molar refractivity (Wildman–Crippen MR) is 65.0 cm³/mol. The third-order valence-corrected chi connectivity index (χ3v) is 2.51. The topological polar surface area (TPSA) is 81.7 Å². The lowest BCUT2D eigenvalue weighted by molar-refractivity contribution is 0.528. The Labute approximate surface area is 107 Å². The Hall–Kier alpha value is -2.70. The van der Waals surface area contributed by atoms with E-state index < -0.39 is 0 Å². The van der Waals surface area contributed by atoms with Crippen molar-refractivity contribution in [2.45, 2.75) is 6.54 Å². The van der Waals surface area contributed by atoms with Gasteiger partial charge < -0.3 is 9.73 Å². The third-order valence-electron chi connectivity index (χ3n) is 2.51. The lowest BCUT2D eigenvalue weighted by Crippen LogP contribution is -1.81. The quantitative estimate of drug-likeness (QED) is 0.780. The molecule has 1 aromatic carbocycles. The van der Waals surface area contributed by atoms with Crippen molar-refractivity contribution < 1.29 is 8.81 Å². The number of furan rings is 1. The maximum absolute atomic E-state index is 13.6. The minimum absolute atomic E-state index is 0.254. The molecule has 0 amide bonds. The number of aromatic amines is 1. The molecular formula is C12H9FN5O-. The fourth-order valence-corrected chi connectivity index (χ4v) is 1.64. The number of halogens is 1. The SMILES string of the molecule is Fc1ccccc1-c1ccc(C[N-]c2nn[nH]n2)o1. The Morgan fingerprint density at radius 2 is 2.11 bits per heavy atom. The van der Waals surface area contributed by atoms with Crippen LogP contribution in [0.5, 0.6) is 0 Å². The largest absolute Gasteiger partial charge is 0.460 e. The van der Waals surface area contributed by atoms with Gasteiger partial charge in [0.25, 0.3) is 0 Å². The maximum atomic E-state index is 13.6. The van der Waals surface area contributed by atoms with Crippen LogP contribution < -0.4 is 0 Å². The van der Waals surface area contributed by atoms with Crippen molar-refractivity contribution in [1.82, 2.24) is 20.6 Å². The number of H-pyrrole nitrogens is 1. The van der Waals surface area contributed by atoms with Gasteiger partial charge in [0, 0.05) is 6.54 Å². The molecule has 3 rings (SSSR count). The second kappa shape index (κ2) is 4.89. The Balaban J connectivity index is 1.75. The first kappa shape index (κ1) is 11.4. The van der Waals surface area contributed by atoms with E-state index >= 15 is 0 Å². The monoisotopic (exact) mass is 258 g/mol. The Morgan fingerprint density at radius 1 is 1.21 bits per heavy atom. The predicted octanol–water partition coefficient (Wildman–Crippen LogP) is 2.80. The summed E-state index contributed by atoms with van der Waals surface area (Å²) in [6.07, 6.45) is 0. The van der Waals surface area contributed by atoms with Gasteiger partial charge >= 0.3 is 0 Å². The molecule has 2 heterocycles. The van der Waals surface area contributed by atoms with E-state index in [9.17, 15) is 4.39 Å². The lowest BCUT2D eigenvalue weighted by Gasteiger charge is -2.03. The molecule has 0 saturated heterocycles. The zero-order chi connectivity index (χ0) is 13.1. The van der Waals surface area contributed by atoms with Crippen LogP contribution >= 0.6 is 0 Å². The van der Waals surface area contributed by atoms with Crippen molar-refractivity contribution in [3.8, 4) is 11.3 Å². The average Bonchev–Trinajstić information content (AvgIpc) is 3.08. The molecular weight excluding hydrogens is 249 g/mol. The molecule has 0 saturated carbocycles. The fourth-order valence-electron chi connectivity index (χ4n) is 1.64. The van der Waals surface area contributed by atoms with Crippen molar-refractivity contribution >= 4 is 5.95 Å². The molecule has 0 atom stereocenters. The van der Waals surface area contributed by atoms with Crippen LogP contribution in [0.3, 0.4) is 0 Å². The second-order valence-electron chi connectivity index (χ2n) is 3.77. The van der Waals surface area contributed by atoms with Gasteiger partial charge in [-0.2, -0.15) is 0 Å². The summed E-state index contributed by atoms with van der Waals surface area (Å²) in [5, 5.41) is 17.1. The highest BCUT2D eigenvalue weighted by molar-refractivity contribution is 5.58. The van der Waals surface area contributed by atoms with E-state index in [4.69, 9.17) is 4.42 Å². The Kier molecular flexibility index (Phi) is 2.93. The smallest absolute Gasteiger partial charge is 0.137 e. The summed E-state index contributed by atoms with van der Waals surface area (Å²) in [7, 11) is 0. The zero-order valence-corrected chi connectivity index (χ0v) is 9.75. The molecule has 1 N–H and O–H groups in total. The van der Waals surface area contributed by atoms with Gasteiger partial charge in [0.2, 0.25) is 0 Å². The first-order valence-corrected chi connectivity index (χ1v) is 5.57. The fraction of sp³-hybridized carbons (Fsp3) is 0.0833. The van der Waals surface area contributed by atoms with Gasteiger partial charge in [-0.25, -0.2) is 4.39 Å². The van der Waals surface area contributed by atoms with Crippen LogP contribution in [0.25, 0.3) is 16.6 Å². The molecule has 19 heavy (non-hydrogen) atoms. The highest BCUT2D eigenvalue weighted by Gasteiger charge is 2.08. The molecule has 0 spiro atoms. The van der Waals surface area contributed by atoms with Gasteiger partial charge in [-0.1, -0.05) is 12.1 Å². The molecule has 0 bridgehead atoms. The first-order chi connectivity index (χ1) is 9.33. The van der Waals surface area contributed by atoms with E-state index in [-0.39, 0.29) is 18.3 Å². The number of hydrogen-bond donors (Lipinski definition) is 1. The van der Waals surface area contributed by atoms with Crippen molar-refractivity contribution in [3.63, 3.8) is 0 Å². The number of nitrogens with zero attached hydrogens (tertiary/aromatic N) is 4. The first-order valence-electron chi connectivity index (χ1n) is 5.57. The standard InChI is InChI=1S/C12H9FN5O/c13-10-4-2-1-3-9(10)11-6-5-8(19-11)7-14-12-15-17-18-16-12/h1-6H,7H2,(H-,14,15,16,17,18)/q-1. The highest BCUT2D eigenvalue weighted by atomic mass is 19.1. The van der Waals surface area contributed by atoms with Gasteiger partial charge in [-0.05, 0) is 24.3 Å². The molecule has 6 nitrogen and oxygen atoms in total. The van der Waals surface area contributed by atoms with Crippen LogP contribution in [0, 0.1) is 5.82 Å². The summed E-state index contributed by atoms with van der Waals surface area (Å²) in [6.45, 7) is 0.272. The Bertz CT molecular complexity index is 664. The van der Waals surface area contributed by atoms with Crippen LogP contribution in [0.15, 0.2) is 40.8 Å². The number of aromatic nitrogens is 4. The molecule has 0 radical (unpaired) electrons. The summed E-state index contributed by atoms with van der Waals surface area (Å²) >= 11 is 0. The molecule has 3 aromatic rings. The van der Waals surface area contributed by atoms with Gasteiger partial charge in [-0.15, -0.1) is 5.21 Å². The van der Waals surface area contributed by atoms with Crippen molar-refractivity contribution in [3.05, 3.63) is 53.3 Å². The molecule has 0 fully saturated rings. The summed E-state index contributed by atoms with van der Waals surface area (Å²) in [5.74, 6) is 1.00.